The molecule has 1 heterocycles. The molecule has 3 rings (SSSR count). The van der Waals surface area contributed by atoms with E-state index in [2.05, 4.69) is 48.6 Å². The summed E-state index contributed by atoms with van der Waals surface area (Å²) >= 11 is 0. The normalized spacial score (nSPS) is 16.7. The third-order valence-corrected chi connectivity index (χ3v) is 5.81. The lowest BCUT2D eigenvalue weighted by Gasteiger charge is -2.24. The third kappa shape index (κ3) is 5.72. The van der Waals surface area contributed by atoms with E-state index in [1.807, 2.05) is 24.0 Å². The van der Waals surface area contributed by atoms with Crippen LogP contribution in [0.5, 0.6) is 0 Å². The fourth-order valence-electron chi connectivity index (χ4n) is 4.03. The smallest absolute Gasteiger partial charge is 0.242 e. The zero-order valence-corrected chi connectivity index (χ0v) is 18.6. The molecule has 1 aliphatic rings. The standard InChI is InChI=1S/C25H31N3O3/c1-4-27-13-14-28(24(30)16-26-19(3)29)17-22(25(27)31)15-21-7-5-6-8-23(21)20-11-9-18(2)10-12-20/h5-12,22H,4,13-17H2,1-3H3,(H,26,29). The number of hydrogen-bond acceptors (Lipinski definition) is 3. The van der Waals surface area contributed by atoms with E-state index in [0.717, 1.165) is 16.7 Å². The van der Waals surface area contributed by atoms with Crippen LogP contribution < -0.4 is 5.32 Å². The molecule has 1 N–H and O–H groups in total. The predicted molar refractivity (Wildman–Crippen MR) is 121 cm³/mol. The molecule has 0 aromatic heterocycles. The molecule has 0 saturated carbocycles. The van der Waals surface area contributed by atoms with Crippen LogP contribution in [0.25, 0.3) is 11.1 Å². The lowest BCUT2D eigenvalue weighted by molar-refractivity contribution is -0.135. The first kappa shape index (κ1) is 22.5. The average Bonchev–Trinajstić information content (AvgIpc) is 2.92. The van der Waals surface area contributed by atoms with Crippen molar-refractivity contribution in [3.8, 4) is 11.1 Å². The van der Waals surface area contributed by atoms with Crippen molar-refractivity contribution in [1.29, 1.82) is 0 Å². The van der Waals surface area contributed by atoms with Gasteiger partial charge in [0.25, 0.3) is 0 Å². The van der Waals surface area contributed by atoms with Gasteiger partial charge in [-0.1, -0.05) is 54.1 Å². The highest BCUT2D eigenvalue weighted by atomic mass is 16.2. The summed E-state index contributed by atoms with van der Waals surface area (Å²) in [7, 11) is 0. The lowest BCUT2D eigenvalue weighted by Crippen LogP contribution is -2.42. The summed E-state index contributed by atoms with van der Waals surface area (Å²) in [5.41, 5.74) is 4.52. The second kappa shape index (κ2) is 10.2. The molecule has 1 fully saturated rings. The van der Waals surface area contributed by atoms with Crippen molar-refractivity contribution in [3.63, 3.8) is 0 Å². The van der Waals surface area contributed by atoms with Crippen LogP contribution in [0.3, 0.4) is 0 Å². The molecule has 0 radical (unpaired) electrons. The summed E-state index contributed by atoms with van der Waals surface area (Å²) in [6.45, 7) is 7.34. The van der Waals surface area contributed by atoms with Crippen molar-refractivity contribution in [2.75, 3.05) is 32.7 Å². The van der Waals surface area contributed by atoms with E-state index in [9.17, 15) is 14.4 Å². The van der Waals surface area contributed by atoms with Crippen molar-refractivity contribution in [1.82, 2.24) is 15.1 Å². The number of nitrogens with one attached hydrogen (secondary N) is 1. The molecule has 1 atom stereocenters. The monoisotopic (exact) mass is 421 g/mol. The van der Waals surface area contributed by atoms with Crippen LogP contribution in [0.4, 0.5) is 0 Å². The van der Waals surface area contributed by atoms with Crippen LogP contribution in [0, 0.1) is 12.8 Å². The van der Waals surface area contributed by atoms with Gasteiger partial charge < -0.3 is 15.1 Å². The first-order chi connectivity index (χ1) is 14.9. The van der Waals surface area contributed by atoms with Gasteiger partial charge in [-0.2, -0.15) is 0 Å². The molecule has 31 heavy (non-hydrogen) atoms. The zero-order chi connectivity index (χ0) is 22.4. The largest absolute Gasteiger partial charge is 0.347 e. The predicted octanol–water partition coefficient (Wildman–Crippen LogP) is 2.65. The molecule has 1 saturated heterocycles. The van der Waals surface area contributed by atoms with Gasteiger partial charge in [-0.3, -0.25) is 14.4 Å². The third-order valence-electron chi connectivity index (χ3n) is 5.81. The number of carbonyl (C=O) groups is 3. The number of carbonyl (C=O) groups excluding carboxylic acids is 3. The highest BCUT2D eigenvalue weighted by Gasteiger charge is 2.32. The van der Waals surface area contributed by atoms with Gasteiger partial charge >= 0.3 is 0 Å². The van der Waals surface area contributed by atoms with E-state index in [0.29, 0.717) is 32.6 Å². The Kier molecular flexibility index (Phi) is 7.45. The summed E-state index contributed by atoms with van der Waals surface area (Å²) in [5, 5.41) is 2.57. The minimum atomic E-state index is -0.324. The Morgan fingerprint density at radius 3 is 2.45 bits per heavy atom. The van der Waals surface area contributed by atoms with Crippen molar-refractivity contribution in [2.45, 2.75) is 27.2 Å². The second-order valence-electron chi connectivity index (χ2n) is 8.09. The van der Waals surface area contributed by atoms with E-state index in [1.54, 1.807) is 4.90 Å². The average molecular weight is 422 g/mol. The highest BCUT2D eigenvalue weighted by Crippen LogP contribution is 2.27. The van der Waals surface area contributed by atoms with Crippen LogP contribution in [-0.4, -0.2) is 60.2 Å². The van der Waals surface area contributed by atoms with E-state index in [4.69, 9.17) is 0 Å². The Morgan fingerprint density at radius 2 is 1.77 bits per heavy atom. The van der Waals surface area contributed by atoms with Crippen LogP contribution >= 0.6 is 0 Å². The molecule has 0 spiro atoms. The number of nitrogens with zero attached hydrogens (tertiary/aromatic N) is 2. The number of rotatable bonds is 6. The maximum atomic E-state index is 13.2. The molecular formula is C25H31N3O3. The topological polar surface area (TPSA) is 69.7 Å². The fourth-order valence-corrected chi connectivity index (χ4v) is 4.03. The van der Waals surface area contributed by atoms with Crippen molar-refractivity contribution >= 4 is 17.7 Å². The molecule has 6 heteroatoms. The molecule has 2 aromatic carbocycles. The van der Waals surface area contributed by atoms with Crippen molar-refractivity contribution < 1.29 is 14.4 Å². The Bertz CT molecular complexity index is 939. The molecule has 1 unspecified atom stereocenters. The fraction of sp³-hybridized carbons (Fsp3) is 0.400. The number of likely N-dealkylation sites (N-methyl/N-ethyl adjacent to an activating group) is 1. The molecule has 0 bridgehead atoms. The molecular weight excluding hydrogens is 390 g/mol. The molecule has 3 amide bonds. The second-order valence-corrected chi connectivity index (χ2v) is 8.09. The first-order valence-corrected chi connectivity index (χ1v) is 10.8. The van der Waals surface area contributed by atoms with E-state index >= 15 is 0 Å². The number of benzene rings is 2. The summed E-state index contributed by atoms with van der Waals surface area (Å²) in [5.74, 6) is -0.637. The Balaban J connectivity index is 1.85. The van der Waals surface area contributed by atoms with Crippen LogP contribution in [0.15, 0.2) is 48.5 Å². The first-order valence-electron chi connectivity index (χ1n) is 10.8. The number of amides is 3. The number of hydrogen-bond donors (Lipinski definition) is 1. The molecule has 1 aliphatic heterocycles. The summed E-state index contributed by atoms with van der Waals surface area (Å²) in [4.78, 5) is 40.6. The molecule has 164 valence electrons. The van der Waals surface area contributed by atoms with Crippen LogP contribution in [0.1, 0.15) is 25.0 Å². The van der Waals surface area contributed by atoms with Gasteiger partial charge in [-0.15, -0.1) is 0 Å². The maximum absolute atomic E-state index is 13.2. The van der Waals surface area contributed by atoms with Crippen LogP contribution in [-0.2, 0) is 20.8 Å². The summed E-state index contributed by atoms with van der Waals surface area (Å²) in [6, 6.07) is 16.5. The summed E-state index contributed by atoms with van der Waals surface area (Å²) < 4.78 is 0. The Hall–Kier alpha value is -3.15. The van der Waals surface area contributed by atoms with Gasteiger partial charge in [0.2, 0.25) is 17.7 Å². The minimum Gasteiger partial charge on any atom is -0.347 e. The molecule has 0 aliphatic carbocycles. The van der Waals surface area contributed by atoms with Gasteiger partial charge in [0, 0.05) is 33.1 Å². The molecule has 2 aromatic rings. The van der Waals surface area contributed by atoms with E-state index in [1.165, 1.54) is 12.5 Å². The SMILES string of the molecule is CCN1CCN(C(=O)CNC(C)=O)CC(Cc2ccccc2-c2ccc(C)cc2)C1=O. The lowest BCUT2D eigenvalue weighted by atomic mass is 9.91. The quantitative estimate of drug-likeness (QED) is 0.780. The van der Waals surface area contributed by atoms with Crippen molar-refractivity contribution in [3.05, 3.63) is 59.7 Å². The highest BCUT2D eigenvalue weighted by molar-refractivity contribution is 5.85. The van der Waals surface area contributed by atoms with E-state index in [-0.39, 0.29) is 30.2 Å². The Morgan fingerprint density at radius 1 is 1.06 bits per heavy atom. The number of aryl methyl sites for hydroxylation is 1. The van der Waals surface area contributed by atoms with Gasteiger partial charge in [0.1, 0.15) is 0 Å². The van der Waals surface area contributed by atoms with Crippen molar-refractivity contribution in [2.24, 2.45) is 5.92 Å². The zero-order valence-electron chi connectivity index (χ0n) is 18.6. The van der Waals surface area contributed by atoms with E-state index < -0.39 is 0 Å². The Labute approximate surface area is 184 Å². The van der Waals surface area contributed by atoms with Gasteiger partial charge in [0.15, 0.2) is 0 Å². The maximum Gasteiger partial charge on any atom is 0.242 e. The van der Waals surface area contributed by atoms with Crippen LogP contribution in [0.2, 0.25) is 0 Å². The molecule has 6 nitrogen and oxygen atoms in total. The van der Waals surface area contributed by atoms with Gasteiger partial charge in [-0.25, -0.2) is 0 Å². The van der Waals surface area contributed by atoms with Gasteiger partial charge in [0.05, 0.1) is 12.5 Å². The summed E-state index contributed by atoms with van der Waals surface area (Å²) in [6.07, 6.45) is 0.559. The van der Waals surface area contributed by atoms with Gasteiger partial charge in [-0.05, 0) is 37.0 Å². The minimum absolute atomic E-state index is 0.0394.